The third-order valence-corrected chi connectivity index (χ3v) is 6.77. The molecule has 1 aliphatic rings. The van der Waals surface area contributed by atoms with E-state index >= 15 is 0 Å². The van der Waals surface area contributed by atoms with Crippen molar-refractivity contribution in [3.63, 3.8) is 0 Å². The number of morpholine rings is 1. The van der Waals surface area contributed by atoms with E-state index in [2.05, 4.69) is 35.2 Å². The van der Waals surface area contributed by atoms with Gasteiger partial charge in [-0.2, -0.15) is 0 Å². The standard InChI is InChI=1S/C26H28FNO2S/c1-2-29-23-13-6-7-14-25(23)31-26(21-11-8-12-22(27)17-21)24-19-28(15-16-30-24)18-20-9-4-3-5-10-20/h3-14,17,24,26H,2,15-16,18-19H2,1H3/t24-,26?/m0/s1. The smallest absolute Gasteiger partial charge is 0.132 e. The second kappa shape index (κ2) is 10.8. The van der Waals surface area contributed by atoms with Gasteiger partial charge < -0.3 is 9.47 Å². The van der Waals surface area contributed by atoms with E-state index in [0.29, 0.717) is 13.2 Å². The Kier molecular flexibility index (Phi) is 7.62. The molecule has 3 aromatic carbocycles. The van der Waals surface area contributed by atoms with Crippen LogP contribution in [0.25, 0.3) is 0 Å². The molecule has 4 rings (SSSR count). The number of halogens is 1. The Labute approximate surface area is 188 Å². The molecule has 0 spiro atoms. The fraction of sp³-hybridized carbons (Fsp3) is 0.308. The van der Waals surface area contributed by atoms with Crippen LogP contribution in [0.15, 0.2) is 83.8 Å². The lowest BCUT2D eigenvalue weighted by Crippen LogP contribution is -2.44. The average Bonchev–Trinajstić information content (AvgIpc) is 2.79. The van der Waals surface area contributed by atoms with E-state index in [-0.39, 0.29) is 17.2 Å². The predicted molar refractivity (Wildman–Crippen MR) is 124 cm³/mol. The van der Waals surface area contributed by atoms with Gasteiger partial charge in [-0.1, -0.05) is 54.6 Å². The van der Waals surface area contributed by atoms with Gasteiger partial charge >= 0.3 is 0 Å². The van der Waals surface area contributed by atoms with Gasteiger partial charge in [0.05, 0.1) is 29.5 Å². The first-order chi connectivity index (χ1) is 15.2. The maximum atomic E-state index is 14.1. The molecule has 3 nitrogen and oxygen atoms in total. The number of ether oxygens (including phenoxy) is 2. The van der Waals surface area contributed by atoms with Gasteiger partial charge in [-0.05, 0) is 42.3 Å². The summed E-state index contributed by atoms with van der Waals surface area (Å²) < 4.78 is 26.2. The van der Waals surface area contributed by atoms with Crippen LogP contribution >= 0.6 is 11.8 Å². The maximum absolute atomic E-state index is 14.1. The Morgan fingerprint density at radius 2 is 1.87 bits per heavy atom. The molecule has 0 bridgehead atoms. The molecule has 1 heterocycles. The molecule has 5 heteroatoms. The van der Waals surface area contributed by atoms with E-state index in [9.17, 15) is 4.39 Å². The lowest BCUT2D eigenvalue weighted by Gasteiger charge is -2.37. The molecule has 31 heavy (non-hydrogen) atoms. The number of thioether (sulfide) groups is 1. The minimum atomic E-state index is -0.224. The monoisotopic (exact) mass is 437 g/mol. The van der Waals surface area contributed by atoms with Gasteiger partial charge in [0.1, 0.15) is 11.6 Å². The summed E-state index contributed by atoms with van der Waals surface area (Å²) in [6.07, 6.45) is -0.0565. The Bertz CT molecular complexity index is 968. The van der Waals surface area contributed by atoms with Crippen molar-refractivity contribution in [1.29, 1.82) is 0 Å². The molecule has 0 saturated carbocycles. The third-order valence-electron chi connectivity index (χ3n) is 5.34. The largest absolute Gasteiger partial charge is 0.493 e. The molecule has 1 fully saturated rings. The molecule has 162 valence electrons. The van der Waals surface area contributed by atoms with Crippen LogP contribution in [0.2, 0.25) is 0 Å². The van der Waals surface area contributed by atoms with Gasteiger partial charge in [-0.15, -0.1) is 11.8 Å². The fourth-order valence-electron chi connectivity index (χ4n) is 3.90. The Morgan fingerprint density at radius 3 is 2.68 bits per heavy atom. The van der Waals surface area contributed by atoms with Gasteiger partial charge in [0.15, 0.2) is 0 Å². The van der Waals surface area contributed by atoms with E-state index in [0.717, 1.165) is 35.8 Å². The first-order valence-corrected chi connectivity index (χ1v) is 11.6. The quantitative estimate of drug-likeness (QED) is 0.406. The number of rotatable bonds is 8. The van der Waals surface area contributed by atoms with Crippen molar-refractivity contribution in [3.05, 3.63) is 95.8 Å². The number of para-hydroxylation sites is 1. The van der Waals surface area contributed by atoms with Gasteiger partial charge in [0.2, 0.25) is 0 Å². The summed E-state index contributed by atoms with van der Waals surface area (Å²) in [5.74, 6) is 0.631. The van der Waals surface area contributed by atoms with Crippen LogP contribution in [-0.2, 0) is 11.3 Å². The van der Waals surface area contributed by atoms with Crippen LogP contribution in [0.3, 0.4) is 0 Å². The van der Waals surface area contributed by atoms with Crippen LogP contribution in [0.1, 0.15) is 23.3 Å². The first kappa shape index (κ1) is 21.9. The van der Waals surface area contributed by atoms with E-state index in [1.54, 1.807) is 23.9 Å². The molecule has 1 unspecified atom stereocenters. The predicted octanol–water partition coefficient (Wildman–Crippen LogP) is 5.96. The third kappa shape index (κ3) is 5.88. The van der Waals surface area contributed by atoms with Crippen LogP contribution < -0.4 is 4.74 Å². The molecule has 1 aliphatic heterocycles. The lowest BCUT2D eigenvalue weighted by molar-refractivity contribution is -0.0320. The van der Waals surface area contributed by atoms with E-state index in [1.807, 2.05) is 37.3 Å². The van der Waals surface area contributed by atoms with E-state index < -0.39 is 0 Å². The van der Waals surface area contributed by atoms with Gasteiger partial charge in [0, 0.05) is 19.6 Å². The van der Waals surface area contributed by atoms with Crippen molar-refractivity contribution in [2.24, 2.45) is 0 Å². The molecular weight excluding hydrogens is 409 g/mol. The second-order valence-corrected chi connectivity index (χ2v) is 8.79. The first-order valence-electron chi connectivity index (χ1n) is 10.7. The Balaban J connectivity index is 1.58. The summed E-state index contributed by atoms with van der Waals surface area (Å²) in [5.41, 5.74) is 2.22. The summed E-state index contributed by atoms with van der Waals surface area (Å²) in [6, 6.07) is 25.4. The molecule has 3 aromatic rings. The SMILES string of the molecule is CCOc1ccccc1SC(c1cccc(F)c1)[C@@H]1CN(Cc2ccccc2)CCO1. The van der Waals surface area contributed by atoms with Crippen molar-refractivity contribution in [1.82, 2.24) is 4.90 Å². The highest BCUT2D eigenvalue weighted by Gasteiger charge is 2.31. The Hall–Kier alpha value is -2.34. The summed E-state index contributed by atoms with van der Waals surface area (Å²) in [5, 5.41) is -0.0455. The highest BCUT2D eigenvalue weighted by Crippen LogP contribution is 2.43. The van der Waals surface area contributed by atoms with Crippen LogP contribution in [0, 0.1) is 5.82 Å². The minimum absolute atomic E-state index is 0.0455. The number of benzene rings is 3. The number of nitrogens with zero attached hydrogens (tertiary/aromatic N) is 1. The zero-order valence-electron chi connectivity index (χ0n) is 17.7. The topological polar surface area (TPSA) is 21.7 Å². The minimum Gasteiger partial charge on any atom is -0.493 e. The highest BCUT2D eigenvalue weighted by atomic mass is 32.2. The van der Waals surface area contributed by atoms with Gasteiger partial charge in [0.25, 0.3) is 0 Å². The zero-order valence-corrected chi connectivity index (χ0v) is 18.6. The average molecular weight is 438 g/mol. The van der Waals surface area contributed by atoms with Crippen molar-refractivity contribution in [2.75, 3.05) is 26.3 Å². The maximum Gasteiger partial charge on any atom is 0.132 e. The van der Waals surface area contributed by atoms with Crippen molar-refractivity contribution in [2.45, 2.75) is 29.7 Å². The van der Waals surface area contributed by atoms with Crippen molar-refractivity contribution >= 4 is 11.8 Å². The summed E-state index contributed by atoms with van der Waals surface area (Å²) >= 11 is 1.69. The molecule has 0 amide bonds. The van der Waals surface area contributed by atoms with Crippen LogP contribution in [0.5, 0.6) is 5.75 Å². The van der Waals surface area contributed by atoms with Crippen molar-refractivity contribution < 1.29 is 13.9 Å². The van der Waals surface area contributed by atoms with Crippen molar-refractivity contribution in [3.8, 4) is 5.75 Å². The fourth-order valence-corrected chi connectivity index (χ4v) is 5.17. The molecule has 2 atom stereocenters. The zero-order chi connectivity index (χ0) is 21.5. The van der Waals surface area contributed by atoms with Gasteiger partial charge in [-0.25, -0.2) is 4.39 Å². The molecular formula is C26H28FNO2S. The summed E-state index contributed by atoms with van der Waals surface area (Å²) in [4.78, 5) is 3.47. The van der Waals surface area contributed by atoms with Crippen LogP contribution in [0.4, 0.5) is 4.39 Å². The molecule has 0 radical (unpaired) electrons. The Morgan fingerprint density at radius 1 is 1.06 bits per heavy atom. The number of hydrogen-bond donors (Lipinski definition) is 0. The normalized spacial score (nSPS) is 17.9. The lowest BCUT2D eigenvalue weighted by atomic mass is 10.1. The summed E-state index contributed by atoms with van der Waals surface area (Å²) in [7, 11) is 0. The molecule has 0 aliphatic carbocycles. The molecule has 0 N–H and O–H groups in total. The number of hydrogen-bond acceptors (Lipinski definition) is 4. The summed E-state index contributed by atoms with van der Waals surface area (Å²) in [6.45, 7) is 5.82. The van der Waals surface area contributed by atoms with Crippen LogP contribution in [-0.4, -0.2) is 37.3 Å². The molecule has 0 aromatic heterocycles. The van der Waals surface area contributed by atoms with Gasteiger partial charge in [-0.3, -0.25) is 4.90 Å². The second-order valence-electron chi connectivity index (χ2n) is 7.60. The highest BCUT2D eigenvalue weighted by molar-refractivity contribution is 7.99. The molecule has 1 saturated heterocycles. The van der Waals surface area contributed by atoms with E-state index in [1.165, 1.54) is 11.6 Å². The van der Waals surface area contributed by atoms with E-state index in [4.69, 9.17) is 9.47 Å².